The van der Waals surface area contributed by atoms with Gasteiger partial charge in [0.2, 0.25) is 5.91 Å². The molecular weight excluding hydrogens is 142 g/mol. The number of urea groups is 1. The molecule has 0 saturated heterocycles. The first-order valence-electron chi connectivity index (χ1n) is 2.13. The Morgan fingerprint density at radius 2 is 1.89 bits per heavy atom. The van der Waals surface area contributed by atoms with Crippen molar-refractivity contribution in [3.8, 4) is 0 Å². The number of hydrazine groups is 1. The molecule has 52 valence electrons. The van der Waals surface area contributed by atoms with Crippen LogP contribution in [0.2, 0.25) is 0 Å². The van der Waals surface area contributed by atoms with Gasteiger partial charge >= 0.3 is 6.03 Å². The zero-order chi connectivity index (χ0) is 7.28. The van der Waals surface area contributed by atoms with Crippen molar-refractivity contribution in [3.63, 3.8) is 0 Å². The number of amides is 3. The molecule has 0 bridgehead atoms. The molecule has 6 heteroatoms. The standard InChI is InChI=1S/C3H7N3O2S/c1-2(7)4-5-3(8)6-9/h9H,1H3,(H,4,7)(H2,5,6,8). The lowest BCUT2D eigenvalue weighted by atomic mass is 10.8. The van der Waals surface area contributed by atoms with E-state index in [2.05, 4.69) is 12.8 Å². The van der Waals surface area contributed by atoms with Gasteiger partial charge in [-0.1, -0.05) is 12.8 Å². The molecule has 0 aromatic rings. The normalized spacial score (nSPS) is 7.78. The van der Waals surface area contributed by atoms with Crippen molar-refractivity contribution < 1.29 is 9.59 Å². The van der Waals surface area contributed by atoms with Gasteiger partial charge in [0.25, 0.3) is 0 Å². The van der Waals surface area contributed by atoms with Crippen LogP contribution < -0.4 is 15.6 Å². The molecule has 0 aromatic carbocycles. The Labute approximate surface area is 57.7 Å². The van der Waals surface area contributed by atoms with Gasteiger partial charge in [0.05, 0.1) is 0 Å². The molecule has 0 unspecified atom stereocenters. The van der Waals surface area contributed by atoms with Crippen molar-refractivity contribution in [1.82, 2.24) is 15.6 Å². The molecule has 0 aliphatic heterocycles. The van der Waals surface area contributed by atoms with Gasteiger partial charge in [0, 0.05) is 6.92 Å². The van der Waals surface area contributed by atoms with Crippen molar-refractivity contribution in [1.29, 1.82) is 0 Å². The highest BCUT2D eigenvalue weighted by molar-refractivity contribution is 7.78. The highest BCUT2D eigenvalue weighted by Gasteiger charge is 1.93. The minimum Gasteiger partial charge on any atom is -0.283 e. The number of carbonyl (C=O) groups is 2. The summed E-state index contributed by atoms with van der Waals surface area (Å²) in [5.74, 6) is -0.341. The first kappa shape index (κ1) is 8.09. The summed E-state index contributed by atoms with van der Waals surface area (Å²) in [4.78, 5) is 20.3. The molecule has 0 aliphatic carbocycles. The molecule has 3 amide bonds. The number of nitrogens with one attached hydrogen (secondary N) is 3. The summed E-state index contributed by atoms with van der Waals surface area (Å²) in [6.07, 6.45) is 0. The second-order valence-electron chi connectivity index (χ2n) is 1.25. The van der Waals surface area contributed by atoms with E-state index in [1.54, 1.807) is 0 Å². The minimum absolute atomic E-state index is 0.341. The van der Waals surface area contributed by atoms with Crippen LogP contribution in [0, 0.1) is 0 Å². The van der Waals surface area contributed by atoms with Crippen molar-refractivity contribution in [2.24, 2.45) is 0 Å². The van der Waals surface area contributed by atoms with Crippen LogP contribution in [0.5, 0.6) is 0 Å². The van der Waals surface area contributed by atoms with Crippen molar-refractivity contribution in [2.45, 2.75) is 6.92 Å². The van der Waals surface area contributed by atoms with E-state index >= 15 is 0 Å². The van der Waals surface area contributed by atoms with Gasteiger partial charge in [0.15, 0.2) is 0 Å². The monoisotopic (exact) mass is 149 g/mol. The summed E-state index contributed by atoms with van der Waals surface area (Å²) in [5, 5.41) is 0. The van der Waals surface area contributed by atoms with E-state index in [9.17, 15) is 9.59 Å². The van der Waals surface area contributed by atoms with Crippen molar-refractivity contribution >= 4 is 24.8 Å². The zero-order valence-corrected chi connectivity index (χ0v) is 5.66. The maximum Gasteiger partial charge on any atom is 0.343 e. The van der Waals surface area contributed by atoms with E-state index in [0.29, 0.717) is 0 Å². The maximum absolute atomic E-state index is 10.2. The third-order valence-electron chi connectivity index (χ3n) is 0.454. The Hall–Kier alpha value is -0.910. The second kappa shape index (κ2) is 4.02. The van der Waals surface area contributed by atoms with Gasteiger partial charge in [-0.15, -0.1) is 0 Å². The molecule has 0 saturated carbocycles. The average molecular weight is 149 g/mol. The molecule has 0 rings (SSSR count). The average Bonchev–Trinajstić information content (AvgIpc) is 1.83. The molecule has 0 fully saturated rings. The van der Waals surface area contributed by atoms with Crippen molar-refractivity contribution in [3.05, 3.63) is 0 Å². The molecule has 5 nitrogen and oxygen atoms in total. The van der Waals surface area contributed by atoms with E-state index in [1.807, 2.05) is 15.6 Å². The zero-order valence-electron chi connectivity index (χ0n) is 4.76. The second-order valence-corrected chi connectivity index (χ2v) is 1.47. The Morgan fingerprint density at radius 3 is 2.22 bits per heavy atom. The SMILES string of the molecule is CC(=O)NNC(=O)NS. The van der Waals surface area contributed by atoms with Crippen LogP contribution in [0.25, 0.3) is 0 Å². The maximum atomic E-state index is 10.2. The van der Waals surface area contributed by atoms with Gasteiger partial charge < -0.3 is 0 Å². The molecule has 0 aromatic heterocycles. The van der Waals surface area contributed by atoms with Crippen LogP contribution in [0.1, 0.15) is 6.92 Å². The Kier molecular flexibility index (Phi) is 3.61. The van der Waals surface area contributed by atoms with Gasteiger partial charge in [-0.05, 0) is 0 Å². The minimum atomic E-state index is -0.575. The van der Waals surface area contributed by atoms with Gasteiger partial charge in [-0.2, -0.15) is 0 Å². The van der Waals surface area contributed by atoms with Crippen molar-refractivity contribution in [2.75, 3.05) is 0 Å². The van der Waals surface area contributed by atoms with E-state index in [0.717, 1.165) is 0 Å². The Balaban J connectivity index is 3.28. The largest absolute Gasteiger partial charge is 0.343 e. The van der Waals surface area contributed by atoms with E-state index in [-0.39, 0.29) is 5.91 Å². The fourth-order valence-corrected chi connectivity index (χ4v) is 0.229. The van der Waals surface area contributed by atoms with Gasteiger partial charge in [-0.25, -0.2) is 10.2 Å². The summed E-state index contributed by atoms with van der Waals surface area (Å²) in [6.45, 7) is 1.28. The topological polar surface area (TPSA) is 70.2 Å². The summed E-state index contributed by atoms with van der Waals surface area (Å²) < 4.78 is 1.95. The molecule has 0 heterocycles. The highest BCUT2D eigenvalue weighted by atomic mass is 32.1. The molecule has 9 heavy (non-hydrogen) atoms. The number of hydrogen-bond acceptors (Lipinski definition) is 3. The third kappa shape index (κ3) is 4.95. The summed E-state index contributed by atoms with van der Waals surface area (Å²) in [5.41, 5.74) is 4.05. The van der Waals surface area contributed by atoms with Crippen LogP contribution in [-0.2, 0) is 4.79 Å². The number of thiol groups is 1. The molecule has 0 aliphatic rings. The highest BCUT2D eigenvalue weighted by Crippen LogP contribution is 1.61. The fourth-order valence-electron chi connectivity index (χ4n) is 0.173. The predicted molar refractivity (Wildman–Crippen MR) is 34.5 cm³/mol. The summed E-state index contributed by atoms with van der Waals surface area (Å²) in [6, 6.07) is -0.575. The van der Waals surface area contributed by atoms with Crippen LogP contribution in [-0.4, -0.2) is 11.9 Å². The smallest absolute Gasteiger partial charge is 0.283 e. The molecule has 0 atom stereocenters. The van der Waals surface area contributed by atoms with Crippen LogP contribution in [0.3, 0.4) is 0 Å². The number of rotatable bonds is 0. The molecular formula is C3H7N3O2S. The predicted octanol–water partition coefficient (Wildman–Crippen LogP) is -0.819. The lowest BCUT2D eigenvalue weighted by Gasteiger charge is -2.01. The lowest BCUT2D eigenvalue weighted by molar-refractivity contribution is -0.119. The van der Waals surface area contributed by atoms with Gasteiger partial charge in [0.1, 0.15) is 0 Å². The first-order chi connectivity index (χ1) is 4.16. The number of carbonyl (C=O) groups excluding carboxylic acids is 2. The lowest BCUT2D eigenvalue weighted by Crippen LogP contribution is -2.43. The fraction of sp³-hybridized carbons (Fsp3) is 0.333. The summed E-state index contributed by atoms with van der Waals surface area (Å²) in [7, 11) is 0. The van der Waals surface area contributed by atoms with Crippen LogP contribution in [0.4, 0.5) is 4.79 Å². The first-order valence-corrected chi connectivity index (χ1v) is 2.58. The van der Waals surface area contributed by atoms with E-state index in [4.69, 9.17) is 0 Å². The van der Waals surface area contributed by atoms with E-state index in [1.165, 1.54) is 6.92 Å². The molecule has 3 N–H and O–H groups in total. The van der Waals surface area contributed by atoms with Gasteiger partial charge in [-0.3, -0.25) is 14.9 Å². The van der Waals surface area contributed by atoms with Crippen LogP contribution in [0.15, 0.2) is 0 Å². The Bertz CT molecular complexity index is 126. The molecule has 0 radical (unpaired) electrons. The summed E-state index contributed by atoms with van der Waals surface area (Å²) >= 11 is 3.40. The quantitative estimate of drug-likeness (QED) is 0.268. The molecule has 0 spiro atoms. The van der Waals surface area contributed by atoms with E-state index < -0.39 is 6.03 Å². The van der Waals surface area contributed by atoms with Crippen LogP contribution >= 0.6 is 12.8 Å². The number of hydrogen-bond donors (Lipinski definition) is 4. The Morgan fingerprint density at radius 1 is 1.33 bits per heavy atom. The third-order valence-corrected chi connectivity index (χ3v) is 0.657.